The van der Waals surface area contributed by atoms with Gasteiger partial charge >= 0.3 is 0 Å². The SMILES string of the molecule is COCCN(C(C)COC)C(CN)c1ccc(C)cc1C. The number of aryl methyl sites for hydroxylation is 2. The minimum absolute atomic E-state index is 0.186. The van der Waals surface area contributed by atoms with Gasteiger partial charge in [0.2, 0.25) is 0 Å². The van der Waals surface area contributed by atoms with E-state index in [1.807, 2.05) is 0 Å². The van der Waals surface area contributed by atoms with E-state index in [1.54, 1.807) is 14.2 Å². The van der Waals surface area contributed by atoms with Gasteiger partial charge in [0, 0.05) is 39.4 Å². The van der Waals surface area contributed by atoms with Gasteiger partial charge in [-0.05, 0) is 31.9 Å². The number of ether oxygens (including phenoxy) is 2. The van der Waals surface area contributed by atoms with E-state index in [4.69, 9.17) is 15.2 Å². The normalized spacial score (nSPS) is 14.4. The Kier molecular flexibility index (Phi) is 7.89. The van der Waals surface area contributed by atoms with Crippen LogP contribution in [0, 0.1) is 13.8 Å². The maximum atomic E-state index is 6.10. The van der Waals surface area contributed by atoms with Crippen LogP contribution in [0.5, 0.6) is 0 Å². The van der Waals surface area contributed by atoms with Crippen molar-refractivity contribution in [2.75, 3.05) is 40.5 Å². The van der Waals surface area contributed by atoms with Gasteiger partial charge in [0.25, 0.3) is 0 Å². The fourth-order valence-electron chi connectivity index (χ4n) is 2.86. The minimum Gasteiger partial charge on any atom is -0.383 e. The number of rotatable bonds is 9. The lowest BCUT2D eigenvalue weighted by molar-refractivity contribution is 0.0485. The van der Waals surface area contributed by atoms with Crippen LogP contribution in [-0.2, 0) is 9.47 Å². The Balaban J connectivity index is 3.04. The molecule has 4 heteroatoms. The summed E-state index contributed by atoms with van der Waals surface area (Å²) in [5.41, 5.74) is 9.96. The maximum Gasteiger partial charge on any atom is 0.0615 e. The van der Waals surface area contributed by atoms with Gasteiger partial charge in [-0.15, -0.1) is 0 Å². The lowest BCUT2D eigenvalue weighted by atomic mass is 9.97. The number of nitrogens with two attached hydrogens (primary N) is 1. The smallest absolute Gasteiger partial charge is 0.0615 e. The quantitative estimate of drug-likeness (QED) is 0.759. The van der Waals surface area contributed by atoms with Crippen molar-refractivity contribution < 1.29 is 9.47 Å². The summed E-state index contributed by atoms with van der Waals surface area (Å²) in [6.07, 6.45) is 0. The van der Waals surface area contributed by atoms with E-state index in [-0.39, 0.29) is 6.04 Å². The van der Waals surface area contributed by atoms with Crippen molar-refractivity contribution in [1.29, 1.82) is 0 Å². The molecular formula is C17H30N2O2. The van der Waals surface area contributed by atoms with E-state index in [2.05, 4.69) is 43.9 Å². The highest BCUT2D eigenvalue weighted by Crippen LogP contribution is 2.25. The monoisotopic (exact) mass is 294 g/mol. The first-order valence-electron chi connectivity index (χ1n) is 7.56. The van der Waals surface area contributed by atoms with Gasteiger partial charge in [-0.1, -0.05) is 23.8 Å². The molecule has 0 radical (unpaired) electrons. The minimum atomic E-state index is 0.186. The lowest BCUT2D eigenvalue weighted by Gasteiger charge is -2.36. The Bertz CT molecular complexity index is 423. The van der Waals surface area contributed by atoms with Crippen LogP contribution in [0.1, 0.15) is 29.7 Å². The summed E-state index contributed by atoms with van der Waals surface area (Å²) in [4.78, 5) is 2.38. The number of hydrogen-bond donors (Lipinski definition) is 1. The lowest BCUT2D eigenvalue weighted by Crippen LogP contribution is -2.44. The van der Waals surface area contributed by atoms with Crippen LogP contribution in [0.4, 0.5) is 0 Å². The second-order valence-electron chi connectivity index (χ2n) is 5.65. The summed E-state index contributed by atoms with van der Waals surface area (Å²) < 4.78 is 10.6. The van der Waals surface area contributed by atoms with E-state index in [0.29, 0.717) is 25.8 Å². The summed E-state index contributed by atoms with van der Waals surface area (Å²) in [7, 11) is 3.47. The van der Waals surface area contributed by atoms with E-state index in [1.165, 1.54) is 16.7 Å². The van der Waals surface area contributed by atoms with Crippen LogP contribution < -0.4 is 5.73 Å². The van der Waals surface area contributed by atoms with Crippen molar-refractivity contribution in [1.82, 2.24) is 4.90 Å². The molecule has 0 saturated carbocycles. The van der Waals surface area contributed by atoms with Crippen LogP contribution in [-0.4, -0.2) is 51.5 Å². The van der Waals surface area contributed by atoms with Crippen molar-refractivity contribution in [3.05, 3.63) is 34.9 Å². The summed E-state index contributed by atoms with van der Waals surface area (Å²) >= 11 is 0. The predicted octanol–water partition coefficient (Wildman–Crippen LogP) is 2.29. The Morgan fingerprint density at radius 2 is 1.90 bits per heavy atom. The predicted molar refractivity (Wildman–Crippen MR) is 87.6 cm³/mol. The molecule has 0 amide bonds. The molecule has 1 aromatic rings. The topological polar surface area (TPSA) is 47.7 Å². The van der Waals surface area contributed by atoms with Gasteiger partial charge in [0.1, 0.15) is 0 Å². The number of hydrogen-bond acceptors (Lipinski definition) is 4. The third-order valence-electron chi connectivity index (χ3n) is 3.94. The van der Waals surface area contributed by atoms with E-state index < -0.39 is 0 Å². The number of nitrogens with zero attached hydrogens (tertiary/aromatic N) is 1. The zero-order valence-electron chi connectivity index (χ0n) is 14.1. The van der Waals surface area contributed by atoms with Crippen LogP contribution in [0.2, 0.25) is 0 Å². The summed E-state index contributed by atoms with van der Waals surface area (Å²) in [5.74, 6) is 0. The molecule has 0 heterocycles. The summed E-state index contributed by atoms with van der Waals surface area (Å²) in [5, 5.41) is 0. The largest absolute Gasteiger partial charge is 0.383 e. The molecule has 0 saturated heterocycles. The fourth-order valence-corrected chi connectivity index (χ4v) is 2.86. The van der Waals surface area contributed by atoms with Crippen molar-refractivity contribution >= 4 is 0 Å². The average Bonchev–Trinajstić information content (AvgIpc) is 2.45. The zero-order chi connectivity index (χ0) is 15.8. The van der Waals surface area contributed by atoms with Gasteiger partial charge in [0.15, 0.2) is 0 Å². The molecule has 0 bridgehead atoms. The molecule has 0 aliphatic carbocycles. The molecule has 1 aromatic carbocycles. The van der Waals surface area contributed by atoms with Crippen molar-refractivity contribution in [2.45, 2.75) is 32.9 Å². The molecule has 120 valence electrons. The first kappa shape index (κ1) is 18.1. The van der Waals surface area contributed by atoms with Crippen molar-refractivity contribution in [3.8, 4) is 0 Å². The molecule has 0 aromatic heterocycles. The Morgan fingerprint density at radius 1 is 1.19 bits per heavy atom. The van der Waals surface area contributed by atoms with Crippen molar-refractivity contribution in [3.63, 3.8) is 0 Å². The molecule has 0 spiro atoms. The summed E-state index contributed by atoms with van der Waals surface area (Å²) in [6.45, 7) is 9.24. The maximum absolute atomic E-state index is 6.10. The summed E-state index contributed by atoms with van der Waals surface area (Å²) in [6, 6.07) is 7.04. The first-order valence-corrected chi connectivity index (χ1v) is 7.56. The van der Waals surface area contributed by atoms with Crippen LogP contribution in [0.25, 0.3) is 0 Å². The van der Waals surface area contributed by atoms with Crippen molar-refractivity contribution in [2.24, 2.45) is 5.73 Å². The fraction of sp³-hybridized carbons (Fsp3) is 0.647. The van der Waals surface area contributed by atoms with Crippen LogP contribution in [0.3, 0.4) is 0 Å². The van der Waals surface area contributed by atoms with Gasteiger partial charge < -0.3 is 15.2 Å². The molecule has 21 heavy (non-hydrogen) atoms. The third kappa shape index (κ3) is 5.08. The second kappa shape index (κ2) is 9.15. The highest BCUT2D eigenvalue weighted by molar-refractivity contribution is 5.33. The van der Waals surface area contributed by atoms with Crippen LogP contribution >= 0.6 is 0 Å². The third-order valence-corrected chi connectivity index (χ3v) is 3.94. The Hall–Kier alpha value is -0.940. The van der Waals surface area contributed by atoms with E-state index in [0.717, 1.165) is 6.54 Å². The molecular weight excluding hydrogens is 264 g/mol. The van der Waals surface area contributed by atoms with Crippen LogP contribution in [0.15, 0.2) is 18.2 Å². The molecule has 0 aliphatic rings. The molecule has 2 atom stereocenters. The number of benzene rings is 1. The van der Waals surface area contributed by atoms with Gasteiger partial charge in [-0.25, -0.2) is 0 Å². The second-order valence-corrected chi connectivity index (χ2v) is 5.65. The highest BCUT2D eigenvalue weighted by atomic mass is 16.5. The standard InChI is InChI=1S/C17H30N2O2/c1-13-6-7-16(14(2)10-13)17(11-18)19(8-9-20-4)15(3)12-21-5/h6-7,10,15,17H,8-9,11-12,18H2,1-5H3. The van der Waals surface area contributed by atoms with Gasteiger partial charge in [0.05, 0.1) is 13.2 Å². The zero-order valence-corrected chi connectivity index (χ0v) is 14.1. The Morgan fingerprint density at radius 3 is 2.43 bits per heavy atom. The molecule has 2 unspecified atom stereocenters. The molecule has 2 N–H and O–H groups in total. The van der Waals surface area contributed by atoms with Gasteiger partial charge in [-0.2, -0.15) is 0 Å². The molecule has 0 fully saturated rings. The first-order chi connectivity index (χ1) is 10.0. The molecule has 4 nitrogen and oxygen atoms in total. The van der Waals surface area contributed by atoms with Gasteiger partial charge in [-0.3, -0.25) is 4.90 Å². The average molecular weight is 294 g/mol. The molecule has 0 aliphatic heterocycles. The Labute approximate surface area is 129 Å². The van der Waals surface area contributed by atoms with E-state index in [9.17, 15) is 0 Å². The van der Waals surface area contributed by atoms with E-state index >= 15 is 0 Å². The molecule has 1 rings (SSSR count). The highest BCUT2D eigenvalue weighted by Gasteiger charge is 2.24. The number of methoxy groups -OCH3 is 2.